The van der Waals surface area contributed by atoms with Crippen LogP contribution in [0.25, 0.3) is 0 Å². The maximum atomic E-state index is 12.3. The molecular weight excluding hydrogens is 350 g/mol. The van der Waals surface area contributed by atoms with E-state index in [0.717, 1.165) is 23.2 Å². The fraction of sp³-hybridized carbons (Fsp3) is 0.130. The van der Waals surface area contributed by atoms with Gasteiger partial charge >= 0.3 is 6.03 Å². The van der Waals surface area contributed by atoms with E-state index < -0.39 is 6.03 Å². The van der Waals surface area contributed by atoms with Gasteiger partial charge in [0.1, 0.15) is 0 Å². The van der Waals surface area contributed by atoms with E-state index in [1.54, 1.807) is 6.07 Å². The highest BCUT2D eigenvalue weighted by molar-refractivity contribution is 5.97. The molecule has 28 heavy (non-hydrogen) atoms. The van der Waals surface area contributed by atoms with E-state index in [0.29, 0.717) is 5.69 Å². The number of carbonyl (C=O) groups excluding carboxylic acids is 2. The molecule has 3 rings (SSSR count). The lowest BCUT2D eigenvalue weighted by molar-refractivity contribution is -0.115. The number of urea groups is 1. The van der Waals surface area contributed by atoms with Crippen LogP contribution in [0.5, 0.6) is 0 Å². The lowest BCUT2D eigenvalue weighted by atomic mass is 10.0. The fourth-order valence-electron chi connectivity index (χ4n) is 2.87. The van der Waals surface area contributed by atoms with Crippen LogP contribution in [-0.2, 0) is 11.2 Å². The topological polar surface area (TPSA) is 70.2 Å². The molecule has 0 saturated heterocycles. The molecule has 0 aliphatic carbocycles. The summed E-state index contributed by atoms with van der Waals surface area (Å²) in [5.41, 5.74) is 4.67. The highest BCUT2D eigenvalue weighted by Crippen LogP contribution is 2.19. The zero-order valence-electron chi connectivity index (χ0n) is 15.7. The van der Waals surface area contributed by atoms with Crippen molar-refractivity contribution in [2.45, 2.75) is 13.3 Å². The Labute approximate surface area is 164 Å². The number of amides is 3. The second-order valence-corrected chi connectivity index (χ2v) is 6.54. The van der Waals surface area contributed by atoms with Crippen molar-refractivity contribution in [1.29, 1.82) is 0 Å². The van der Waals surface area contributed by atoms with E-state index in [1.807, 2.05) is 67.6 Å². The van der Waals surface area contributed by atoms with Gasteiger partial charge in [0.25, 0.3) is 0 Å². The summed E-state index contributed by atoms with van der Waals surface area (Å²) in [5.74, 6) is -0.278. The van der Waals surface area contributed by atoms with Crippen molar-refractivity contribution >= 4 is 23.3 Å². The molecule has 3 amide bonds. The molecule has 0 saturated carbocycles. The Hall–Kier alpha value is -3.60. The van der Waals surface area contributed by atoms with Gasteiger partial charge in [-0.05, 0) is 48.2 Å². The van der Waals surface area contributed by atoms with Crippen LogP contribution in [-0.4, -0.2) is 18.5 Å². The average Bonchev–Trinajstić information content (AvgIpc) is 2.69. The Morgan fingerprint density at radius 2 is 1.57 bits per heavy atom. The SMILES string of the molecule is Cc1cccc(NC(=O)NCC(=O)Nc2ccccc2Cc2ccccc2)c1. The number of aryl methyl sites for hydroxylation is 1. The van der Waals surface area contributed by atoms with Crippen molar-refractivity contribution < 1.29 is 9.59 Å². The molecule has 0 aliphatic rings. The largest absolute Gasteiger partial charge is 0.329 e. The molecular formula is C23H23N3O2. The Balaban J connectivity index is 1.54. The second-order valence-electron chi connectivity index (χ2n) is 6.54. The van der Waals surface area contributed by atoms with Gasteiger partial charge in [0.05, 0.1) is 6.54 Å². The Morgan fingerprint density at radius 3 is 2.36 bits per heavy atom. The predicted octanol–water partition coefficient (Wildman–Crippen LogP) is 4.35. The number of benzene rings is 3. The molecule has 0 heterocycles. The smallest absolute Gasteiger partial charge is 0.319 e. The van der Waals surface area contributed by atoms with E-state index in [-0.39, 0.29) is 12.5 Å². The lowest BCUT2D eigenvalue weighted by Gasteiger charge is -2.12. The van der Waals surface area contributed by atoms with Gasteiger partial charge < -0.3 is 16.0 Å². The van der Waals surface area contributed by atoms with Gasteiger partial charge in [-0.3, -0.25) is 4.79 Å². The Bertz CT molecular complexity index is 955. The third-order valence-corrected chi connectivity index (χ3v) is 4.21. The Kier molecular flexibility index (Phi) is 6.41. The van der Waals surface area contributed by atoms with Crippen LogP contribution in [0.15, 0.2) is 78.9 Å². The molecule has 0 spiro atoms. The summed E-state index contributed by atoms with van der Waals surface area (Å²) in [5, 5.41) is 8.17. The molecule has 3 N–H and O–H groups in total. The van der Waals surface area contributed by atoms with E-state index in [9.17, 15) is 9.59 Å². The van der Waals surface area contributed by atoms with E-state index >= 15 is 0 Å². The maximum Gasteiger partial charge on any atom is 0.319 e. The first kappa shape index (κ1) is 19.2. The molecule has 0 atom stereocenters. The number of rotatable bonds is 6. The highest BCUT2D eigenvalue weighted by atomic mass is 16.2. The minimum Gasteiger partial charge on any atom is -0.329 e. The van der Waals surface area contributed by atoms with Gasteiger partial charge in [0.15, 0.2) is 0 Å². The molecule has 0 fully saturated rings. The summed E-state index contributed by atoms with van der Waals surface area (Å²) in [7, 11) is 0. The molecule has 0 aliphatic heterocycles. The summed E-state index contributed by atoms with van der Waals surface area (Å²) in [4.78, 5) is 24.3. The molecule has 5 nitrogen and oxygen atoms in total. The summed E-state index contributed by atoms with van der Waals surface area (Å²) in [6.45, 7) is 1.83. The number of hydrogen-bond acceptors (Lipinski definition) is 2. The maximum absolute atomic E-state index is 12.3. The quantitative estimate of drug-likeness (QED) is 0.601. The highest BCUT2D eigenvalue weighted by Gasteiger charge is 2.09. The molecule has 5 heteroatoms. The van der Waals surface area contributed by atoms with E-state index in [4.69, 9.17) is 0 Å². The summed E-state index contributed by atoms with van der Waals surface area (Å²) < 4.78 is 0. The fourth-order valence-corrected chi connectivity index (χ4v) is 2.87. The predicted molar refractivity (Wildman–Crippen MR) is 113 cm³/mol. The van der Waals surface area contributed by atoms with Gasteiger partial charge in [-0.1, -0.05) is 60.7 Å². The van der Waals surface area contributed by atoms with Gasteiger partial charge in [0.2, 0.25) is 5.91 Å². The molecule has 0 radical (unpaired) electrons. The van der Waals surface area contributed by atoms with Crippen molar-refractivity contribution in [1.82, 2.24) is 5.32 Å². The zero-order chi connectivity index (χ0) is 19.8. The lowest BCUT2D eigenvalue weighted by Crippen LogP contribution is -2.35. The monoisotopic (exact) mass is 373 g/mol. The summed E-state index contributed by atoms with van der Waals surface area (Å²) in [6.07, 6.45) is 0.721. The van der Waals surface area contributed by atoms with Crippen LogP contribution < -0.4 is 16.0 Å². The molecule has 0 aromatic heterocycles. The first-order valence-corrected chi connectivity index (χ1v) is 9.13. The van der Waals surface area contributed by atoms with Crippen molar-refractivity contribution in [2.75, 3.05) is 17.2 Å². The number of nitrogens with one attached hydrogen (secondary N) is 3. The van der Waals surface area contributed by atoms with Gasteiger partial charge in [-0.15, -0.1) is 0 Å². The molecule has 0 bridgehead atoms. The number of anilines is 2. The minimum absolute atomic E-state index is 0.114. The van der Waals surface area contributed by atoms with Crippen LogP contribution >= 0.6 is 0 Å². The molecule has 0 unspecified atom stereocenters. The van der Waals surface area contributed by atoms with Gasteiger partial charge in [-0.25, -0.2) is 4.79 Å². The van der Waals surface area contributed by atoms with Crippen LogP contribution in [0, 0.1) is 6.92 Å². The van der Waals surface area contributed by atoms with E-state index in [1.165, 1.54) is 5.56 Å². The average molecular weight is 373 g/mol. The van der Waals surface area contributed by atoms with Crippen molar-refractivity contribution in [2.24, 2.45) is 0 Å². The van der Waals surface area contributed by atoms with Crippen LogP contribution in [0.3, 0.4) is 0 Å². The first-order valence-electron chi connectivity index (χ1n) is 9.13. The van der Waals surface area contributed by atoms with E-state index in [2.05, 4.69) is 28.1 Å². The van der Waals surface area contributed by atoms with Crippen molar-refractivity contribution in [3.63, 3.8) is 0 Å². The van der Waals surface area contributed by atoms with Crippen LogP contribution in [0.4, 0.5) is 16.2 Å². The third kappa shape index (κ3) is 5.71. The second kappa shape index (κ2) is 9.37. The molecule has 3 aromatic rings. The van der Waals surface area contributed by atoms with Crippen LogP contribution in [0.1, 0.15) is 16.7 Å². The third-order valence-electron chi connectivity index (χ3n) is 4.21. The summed E-state index contributed by atoms with van der Waals surface area (Å²) in [6, 6.07) is 24.8. The molecule has 142 valence electrons. The van der Waals surface area contributed by atoms with Crippen molar-refractivity contribution in [3.8, 4) is 0 Å². The normalized spacial score (nSPS) is 10.2. The van der Waals surface area contributed by atoms with Gasteiger partial charge in [0, 0.05) is 11.4 Å². The van der Waals surface area contributed by atoms with Crippen molar-refractivity contribution in [3.05, 3.63) is 95.6 Å². The zero-order valence-corrected chi connectivity index (χ0v) is 15.7. The first-order chi connectivity index (χ1) is 13.6. The standard InChI is InChI=1S/C23H23N3O2/c1-17-8-7-12-20(14-17)25-23(28)24-16-22(27)26-21-13-6-5-11-19(21)15-18-9-3-2-4-10-18/h2-14H,15-16H2,1H3,(H,26,27)(H2,24,25,28). The number of hydrogen-bond donors (Lipinski definition) is 3. The minimum atomic E-state index is -0.418. The number of para-hydroxylation sites is 1. The Morgan fingerprint density at radius 1 is 0.821 bits per heavy atom. The molecule has 3 aromatic carbocycles. The van der Waals surface area contributed by atoms with Crippen LogP contribution in [0.2, 0.25) is 0 Å². The number of carbonyl (C=O) groups is 2. The summed E-state index contributed by atoms with van der Waals surface area (Å²) >= 11 is 0. The van der Waals surface area contributed by atoms with Gasteiger partial charge in [-0.2, -0.15) is 0 Å².